The molecular weight excluding hydrogens is 282 g/mol. The summed E-state index contributed by atoms with van der Waals surface area (Å²) in [4.78, 5) is 33.2. The van der Waals surface area contributed by atoms with Gasteiger partial charge >= 0.3 is 5.97 Å². The van der Waals surface area contributed by atoms with E-state index in [9.17, 15) is 14.4 Å². The molecule has 0 heterocycles. The molecule has 112 valence electrons. The number of aliphatic carboxylic acids is 1. The average Bonchev–Trinajstić information content (AvgIpc) is 2.54. The van der Waals surface area contributed by atoms with Gasteiger partial charge in [0.2, 0.25) is 5.78 Å². The predicted molar refractivity (Wildman–Crippen MR) is 81.8 cm³/mol. The molecule has 0 saturated heterocycles. The van der Waals surface area contributed by atoms with Crippen molar-refractivity contribution in [3.05, 3.63) is 65.7 Å². The number of carboxylic acids is 1. The van der Waals surface area contributed by atoms with Gasteiger partial charge in [0.15, 0.2) is 5.78 Å². The second-order valence-corrected chi connectivity index (χ2v) is 4.74. The number of carbonyl (C=O) groups excluding carboxylic acids is 2. The molecule has 0 saturated carbocycles. The Kier molecular flexibility index (Phi) is 5.03. The van der Waals surface area contributed by atoms with Gasteiger partial charge in [-0.05, 0) is 29.8 Å². The smallest absolute Gasteiger partial charge is 0.372 e. The van der Waals surface area contributed by atoms with Gasteiger partial charge in [-0.25, -0.2) is 4.79 Å². The largest absolute Gasteiger partial charge is 0.475 e. The van der Waals surface area contributed by atoms with E-state index in [1.165, 1.54) is 0 Å². The summed E-state index contributed by atoms with van der Waals surface area (Å²) >= 11 is 0. The number of hydrogen-bond acceptors (Lipinski definition) is 4. The fourth-order valence-electron chi connectivity index (χ4n) is 1.90. The number of anilines is 1. The lowest BCUT2D eigenvalue weighted by Gasteiger charge is -2.07. The lowest BCUT2D eigenvalue weighted by atomic mass is 10.1. The molecule has 2 N–H and O–H groups in total. The molecule has 0 aromatic heterocycles. The molecule has 5 nitrogen and oxygen atoms in total. The number of Topliss-reactive ketones (excluding diaryl/α,β-unsaturated/α-hetero) is 2. The molecule has 0 radical (unpaired) electrons. The van der Waals surface area contributed by atoms with Crippen LogP contribution in [-0.2, 0) is 16.1 Å². The van der Waals surface area contributed by atoms with Crippen molar-refractivity contribution in [2.75, 3.05) is 5.32 Å². The highest BCUT2D eigenvalue weighted by Crippen LogP contribution is 2.13. The minimum Gasteiger partial charge on any atom is -0.475 e. The van der Waals surface area contributed by atoms with E-state index >= 15 is 0 Å². The summed E-state index contributed by atoms with van der Waals surface area (Å²) in [6, 6.07) is 16.5. The number of hydrogen-bond donors (Lipinski definition) is 2. The zero-order chi connectivity index (χ0) is 15.9. The van der Waals surface area contributed by atoms with E-state index in [0.717, 1.165) is 11.3 Å². The lowest BCUT2D eigenvalue weighted by molar-refractivity contribution is -0.148. The molecule has 0 aliphatic carbocycles. The molecule has 5 heteroatoms. The van der Waals surface area contributed by atoms with Crippen molar-refractivity contribution in [2.45, 2.75) is 13.0 Å². The predicted octanol–water partition coefficient (Wildman–Crippen LogP) is 2.53. The van der Waals surface area contributed by atoms with Gasteiger partial charge in [-0.3, -0.25) is 9.59 Å². The van der Waals surface area contributed by atoms with Crippen LogP contribution < -0.4 is 5.32 Å². The van der Waals surface area contributed by atoms with Crippen LogP contribution in [0.15, 0.2) is 54.6 Å². The van der Waals surface area contributed by atoms with Crippen LogP contribution in [0.1, 0.15) is 22.3 Å². The second-order valence-electron chi connectivity index (χ2n) is 4.74. The van der Waals surface area contributed by atoms with Crippen molar-refractivity contribution < 1.29 is 19.5 Å². The van der Waals surface area contributed by atoms with Crippen LogP contribution in [0.25, 0.3) is 0 Å². The summed E-state index contributed by atoms with van der Waals surface area (Å²) in [6.45, 7) is 0.658. The third-order valence-electron chi connectivity index (χ3n) is 3.11. The van der Waals surface area contributed by atoms with Gasteiger partial charge in [0.05, 0.1) is 6.42 Å². The van der Waals surface area contributed by atoms with Crippen molar-refractivity contribution in [3.63, 3.8) is 0 Å². The summed E-state index contributed by atoms with van der Waals surface area (Å²) in [7, 11) is 0. The Bertz CT molecular complexity index is 678. The molecule has 0 aliphatic rings. The molecule has 2 rings (SSSR count). The van der Waals surface area contributed by atoms with Gasteiger partial charge < -0.3 is 10.4 Å². The first-order valence-electron chi connectivity index (χ1n) is 6.73. The van der Waals surface area contributed by atoms with E-state index in [1.807, 2.05) is 30.3 Å². The van der Waals surface area contributed by atoms with E-state index in [0.29, 0.717) is 12.1 Å². The molecule has 0 unspecified atom stereocenters. The third-order valence-corrected chi connectivity index (χ3v) is 3.11. The maximum Gasteiger partial charge on any atom is 0.372 e. The number of carbonyl (C=O) groups is 3. The van der Waals surface area contributed by atoms with Crippen molar-refractivity contribution in [3.8, 4) is 0 Å². The van der Waals surface area contributed by atoms with Crippen LogP contribution in [-0.4, -0.2) is 22.6 Å². The summed E-state index contributed by atoms with van der Waals surface area (Å²) in [5.41, 5.74) is 2.29. The highest BCUT2D eigenvalue weighted by atomic mass is 16.4. The van der Waals surface area contributed by atoms with Crippen molar-refractivity contribution in [2.24, 2.45) is 0 Å². The zero-order valence-corrected chi connectivity index (χ0v) is 11.8. The van der Waals surface area contributed by atoms with Gasteiger partial charge in [-0.1, -0.05) is 30.3 Å². The average molecular weight is 297 g/mol. The fraction of sp³-hybridized carbons (Fsp3) is 0.118. The van der Waals surface area contributed by atoms with Gasteiger partial charge in [0, 0.05) is 17.8 Å². The SMILES string of the molecule is O=C(O)C(=O)CC(=O)c1ccc(NCc2ccccc2)cc1. The molecular formula is C17H15NO4. The molecule has 2 aromatic carbocycles. The zero-order valence-electron chi connectivity index (χ0n) is 11.8. The molecule has 0 amide bonds. The van der Waals surface area contributed by atoms with Crippen molar-refractivity contribution in [1.29, 1.82) is 0 Å². The van der Waals surface area contributed by atoms with Crippen LogP contribution in [0.2, 0.25) is 0 Å². The molecule has 0 fully saturated rings. The van der Waals surface area contributed by atoms with E-state index in [1.54, 1.807) is 24.3 Å². The van der Waals surface area contributed by atoms with Crippen LogP contribution >= 0.6 is 0 Å². The van der Waals surface area contributed by atoms with Crippen LogP contribution in [0.5, 0.6) is 0 Å². The van der Waals surface area contributed by atoms with Gasteiger partial charge in [-0.2, -0.15) is 0 Å². The first-order valence-corrected chi connectivity index (χ1v) is 6.73. The highest BCUT2D eigenvalue weighted by molar-refractivity contribution is 6.37. The van der Waals surface area contributed by atoms with Crippen molar-refractivity contribution in [1.82, 2.24) is 0 Å². The van der Waals surface area contributed by atoms with Crippen molar-refractivity contribution >= 4 is 23.2 Å². The number of carboxylic acid groups (broad SMARTS) is 1. The van der Waals surface area contributed by atoms with Crippen LogP contribution in [0.3, 0.4) is 0 Å². The molecule has 22 heavy (non-hydrogen) atoms. The van der Waals surface area contributed by atoms with E-state index in [4.69, 9.17) is 5.11 Å². The van der Waals surface area contributed by atoms with Crippen LogP contribution in [0, 0.1) is 0 Å². The topological polar surface area (TPSA) is 83.5 Å². The monoisotopic (exact) mass is 297 g/mol. The first kappa shape index (κ1) is 15.4. The molecule has 0 spiro atoms. The maximum atomic E-state index is 11.7. The molecule has 0 atom stereocenters. The highest BCUT2D eigenvalue weighted by Gasteiger charge is 2.17. The van der Waals surface area contributed by atoms with Gasteiger partial charge in [0.1, 0.15) is 0 Å². The summed E-state index contributed by atoms with van der Waals surface area (Å²) in [5, 5.41) is 11.7. The van der Waals surface area contributed by atoms with E-state index < -0.39 is 24.0 Å². The van der Waals surface area contributed by atoms with Gasteiger partial charge in [0.25, 0.3) is 0 Å². The lowest BCUT2D eigenvalue weighted by Crippen LogP contribution is -2.17. The second kappa shape index (κ2) is 7.17. The minimum atomic E-state index is -1.59. The number of rotatable bonds is 7. The maximum absolute atomic E-state index is 11.7. The first-order chi connectivity index (χ1) is 10.6. The third kappa shape index (κ3) is 4.28. The Morgan fingerprint density at radius 3 is 2.14 bits per heavy atom. The van der Waals surface area contributed by atoms with E-state index in [2.05, 4.69) is 5.32 Å². The Morgan fingerprint density at radius 1 is 0.909 bits per heavy atom. The van der Waals surface area contributed by atoms with Gasteiger partial charge in [-0.15, -0.1) is 0 Å². The van der Waals surface area contributed by atoms with E-state index in [-0.39, 0.29) is 0 Å². The quantitative estimate of drug-likeness (QED) is 0.466. The number of ketones is 2. The summed E-state index contributed by atoms with van der Waals surface area (Å²) < 4.78 is 0. The van der Waals surface area contributed by atoms with Crippen LogP contribution in [0.4, 0.5) is 5.69 Å². The Balaban J connectivity index is 1.94. The standard InChI is InChI=1S/C17H15NO4/c19-15(10-16(20)17(21)22)13-6-8-14(9-7-13)18-11-12-4-2-1-3-5-12/h1-9,18H,10-11H2,(H,21,22). The number of nitrogens with one attached hydrogen (secondary N) is 1. The Hall–Kier alpha value is -2.95. The Morgan fingerprint density at radius 2 is 1.55 bits per heavy atom. The molecule has 0 bridgehead atoms. The minimum absolute atomic E-state index is 0.319. The summed E-state index contributed by atoms with van der Waals surface area (Å²) in [5.74, 6) is -3.19. The Labute approximate surface area is 127 Å². The molecule has 0 aliphatic heterocycles. The normalized spacial score (nSPS) is 10.0. The summed E-state index contributed by atoms with van der Waals surface area (Å²) in [6.07, 6.45) is -0.619. The fourth-order valence-corrected chi connectivity index (χ4v) is 1.90. The molecule has 2 aromatic rings. The number of benzene rings is 2.